The van der Waals surface area contributed by atoms with Gasteiger partial charge in [-0.15, -0.1) is 10.2 Å². The van der Waals surface area contributed by atoms with Gasteiger partial charge in [-0.2, -0.15) is 0 Å². The first-order valence-corrected chi connectivity index (χ1v) is 13.2. The zero-order valence-electron chi connectivity index (χ0n) is 18.6. The van der Waals surface area contributed by atoms with E-state index < -0.39 is 10.0 Å². The Labute approximate surface area is 198 Å². The molecule has 1 amide bonds. The van der Waals surface area contributed by atoms with E-state index in [0.29, 0.717) is 11.5 Å². The fourth-order valence-corrected chi connectivity index (χ4v) is 5.80. The number of amides is 1. The highest BCUT2D eigenvalue weighted by atomic mass is 32.2. The first-order chi connectivity index (χ1) is 15.8. The lowest BCUT2D eigenvalue weighted by atomic mass is 9.99. The van der Waals surface area contributed by atoms with Crippen LogP contribution in [0.1, 0.15) is 41.3 Å². The number of benzene rings is 2. The maximum atomic E-state index is 12.7. The fraction of sp³-hybridized carbons (Fsp3) is 0.348. The van der Waals surface area contributed by atoms with Crippen LogP contribution in [0.15, 0.2) is 52.9 Å². The summed E-state index contributed by atoms with van der Waals surface area (Å²) >= 11 is 0.814. The lowest BCUT2D eigenvalue weighted by molar-refractivity contribution is 0.102. The van der Waals surface area contributed by atoms with Crippen molar-refractivity contribution in [2.45, 2.75) is 37.6 Å². The monoisotopic (exact) mass is 485 g/mol. The van der Waals surface area contributed by atoms with Crippen molar-refractivity contribution >= 4 is 38.1 Å². The number of nitrogens with one attached hydrogen (secondary N) is 2. The minimum Gasteiger partial charge on any atom is -0.371 e. The minimum atomic E-state index is -3.85. The molecule has 1 unspecified atom stereocenters. The van der Waals surface area contributed by atoms with Crippen LogP contribution in [0, 0.1) is 12.8 Å². The Morgan fingerprint density at radius 2 is 1.91 bits per heavy atom. The van der Waals surface area contributed by atoms with Gasteiger partial charge >= 0.3 is 0 Å². The molecule has 2 N–H and O–H groups in total. The predicted octanol–water partition coefficient (Wildman–Crippen LogP) is 3.81. The van der Waals surface area contributed by atoms with Gasteiger partial charge < -0.3 is 4.90 Å². The molecule has 4 rings (SSSR count). The summed E-state index contributed by atoms with van der Waals surface area (Å²) in [5.74, 6) is 0.327. The summed E-state index contributed by atoms with van der Waals surface area (Å²) in [6, 6.07) is 15.1. The number of piperidine rings is 1. The smallest absolute Gasteiger partial charge is 0.270 e. The second-order valence-corrected chi connectivity index (χ2v) is 11.2. The number of hydrogen-bond donors (Lipinski definition) is 2. The molecule has 2 aromatic carbocycles. The molecule has 2 heterocycles. The number of anilines is 2. The van der Waals surface area contributed by atoms with Crippen molar-refractivity contribution in [2.75, 3.05) is 23.3 Å². The maximum absolute atomic E-state index is 12.7. The Balaban J connectivity index is 1.36. The van der Waals surface area contributed by atoms with Crippen molar-refractivity contribution in [1.82, 2.24) is 14.9 Å². The van der Waals surface area contributed by atoms with Crippen molar-refractivity contribution in [3.05, 3.63) is 65.2 Å². The molecule has 0 spiro atoms. The highest BCUT2D eigenvalue weighted by Crippen LogP contribution is 2.24. The number of carbonyl (C=O) groups is 1. The number of aromatic nitrogens is 2. The van der Waals surface area contributed by atoms with Gasteiger partial charge in [0.1, 0.15) is 0 Å². The summed E-state index contributed by atoms with van der Waals surface area (Å²) in [6.07, 6.45) is 2.46. The molecule has 3 aromatic rings. The zero-order valence-corrected chi connectivity index (χ0v) is 20.2. The number of aryl methyl sites for hydroxylation is 1. The molecule has 1 aliphatic heterocycles. The van der Waals surface area contributed by atoms with Crippen molar-refractivity contribution in [2.24, 2.45) is 5.92 Å². The Morgan fingerprint density at radius 3 is 2.64 bits per heavy atom. The molecular formula is C23H27N5O3S2. The van der Waals surface area contributed by atoms with Crippen molar-refractivity contribution in [1.29, 1.82) is 0 Å². The Morgan fingerprint density at radius 1 is 1.15 bits per heavy atom. The average molecular weight is 486 g/mol. The molecule has 0 saturated carbocycles. The molecule has 8 nitrogen and oxygen atoms in total. The third kappa shape index (κ3) is 5.76. The summed E-state index contributed by atoms with van der Waals surface area (Å²) in [5, 5.41) is 10.3. The average Bonchev–Trinajstić information content (AvgIpc) is 3.28. The largest absolute Gasteiger partial charge is 0.371 e. The van der Waals surface area contributed by atoms with E-state index in [1.807, 2.05) is 43.3 Å². The maximum Gasteiger partial charge on any atom is 0.270 e. The van der Waals surface area contributed by atoms with Gasteiger partial charge in [0.2, 0.25) is 9.47 Å². The molecule has 174 valence electrons. The highest BCUT2D eigenvalue weighted by molar-refractivity contribution is 7.91. The van der Waals surface area contributed by atoms with E-state index in [0.717, 1.165) is 41.2 Å². The van der Waals surface area contributed by atoms with Crippen LogP contribution in [0.5, 0.6) is 0 Å². The Bertz CT molecular complexity index is 1220. The van der Waals surface area contributed by atoms with Gasteiger partial charge in [-0.1, -0.05) is 48.6 Å². The standard InChI is InChI=1S/C23H27N5O3S2/c1-16-6-5-13-28(15-16)19-11-9-18(10-12-19)14-24-33(30,31)23-27-26-22(32-23)25-21(29)20-8-4-3-7-17(20)2/h3-4,7-12,16,24H,5-6,13-15H2,1-2H3,(H,25,26,29). The van der Waals surface area contributed by atoms with E-state index in [1.54, 1.807) is 12.1 Å². The van der Waals surface area contributed by atoms with E-state index in [-0.39, 0.29) is 21.9 Å². The number of carbonyl (C=O) groups excluding carboxylic acids is 1. The van der Waals surface area contributed by atoms with Crippen LogP contribution >= 0.6 is 11.3 Å². The van der Waals surface area contributed by atoms with Crippen LogP contribution in [-0.4, -0.2) is 37.6 Å². The van der Waals surface area contributed by atoms with Crippen LogP contribution in [0.25, 0.3) is 0 Å². The molecular weight excluding hydrogens is 458 g/mol. The molecule has 33 heavy (non-hydrogen) atoms. The lowest BCUT2D eigenvalue weighted by Gasteiger charge is -2.32. The van der Waals surface area contributed by atoms with Crippen LogP contribution in [0.4, 0.5) is 10.8 Å². The quantitative estimate of drug-likeness (QED) is 0.493. The van der Waals surface area contributed by atoms with Gasteiger partial charge in [0.25, 0.3) is 15.9 Å². The third-order valence-corrected chi connectivity index (χ3v) is 8.28. The van der Waals surface area contributed by atoms with Gasteiger partial charge in [0.15, 0.2) is 0 Å². The van der Waals surface area contributed by atoms with Gasteiger partial charge in [0, 0.05) is 30.9 Å². The van der Waals surface area contributed by atoms with Gasteiger partial charge in [-0.05, 0) is 55.0 Å². The summed E-state index contributed by atoms with van der Waals surface area (Å²) in [6.45, 7) is 6.34. The van der Waals surface area contributed by atoms with Crippen molar-refractivity contribution < 1.29 is 13.2 Å². The number of rotatable bonds is 7. The van der Waals surface area contributed by atoms with E-state index in [9.17, 15) is 13.2 Å². The second kappa shape index (κ2) is 9.98. The molecule has 0 aliphatic carbocycles. The second-order valence-electron chi connectivity index (χ2n) is 8.33. The highest BCUT2D eigenvalue weighted by Gasteiger charge is 2.22. The molecule has 0 bridgehead atoms. The normalized spacial score (nSPS) is 16.5. The first-order valence-electron chi connectivity index (χ1n) is 10.9. The number of hydrogen-bond acceptors (Lipinski definition) is 7. The molecule has 1 saturated heterocycles. The van der Waals surface area contributed by atoms with Crippen LogP contribution < -0.4 is 14.9 Å². The molecule has 1 atom stereocenters. The van der Waals surface area contributed by atoms with E-state index >= 15 is 0 Å². The minimum absolute atomic E-state index is 0.128. The van der Waals surface area contributed by atoms with Crippen LogP contribution in [0.2, 0.25) is 0 Å². The van der Waals surface area contributed by atoms with Gasteiger partial charge in [-0.3, -0.25) is 10.1 Å². The van der Waals surface area contributed by atoms with E-state index in [2.05, 4.69) is 32.1 Å². The lowest BCUT2D eigenvalue weighted by Crippen LogP contribution is -2.34. The molecule has 1 aliphatic rings. The van der Waals surface area contributed by atoms with Crippen LogP contribution in [0.3, 0.4) is 0 Å². The number of sulfonamides is 1. The van der Waals surface area contributed by atoms with Crippen LogP contribution in [-0.2, 0) is 16.6 Å². The van der Waals surface area contributed by atoms with Crippen molar-refractivity contribution in [3.8, 4) is 0 Å². The Hall–Kier alpha value is -2.82. The van der Waals surface area contributed by atoms with Gasteiger partial charge in [0.05, 0.1) is 0 Å². The molecule has 0 radical (unpaired) electrons. The molecule has 1 aromatic heterocycles. The molecule has 1 fully saturated rings. The van der Waals surface area contributed by atoms with Crippen molar-refractivity contribution in [3.63, 3.8) is 0 Å². The topological polar surface area (TPSA) is 104 Å². The van der Waals surface area contributed by atoms with Gasteiger partial charge in [-0.25, -0.2) is 13.1 Å². The summed E-state index contributed by atoms with van der Waals surface area (Å²) in [7, 11) is -3.85. The fourth-order valence-electron chi connectivity index (χ4n) is 3.85. The Kier molecular flexibility index (Phi) is 7.06. The SMILES string of the molecule is Cc1ccccc1C(=O)Nc1nnc(S(=O)(=O)NCc2ccc(N3CCCC(C)C3)cc2)s1. The summed E-state index contributed by atoms with van der Waals surface area (Å²) in [4.78, 5) is 14.8. The summed E-state index contributed by atoms with van der Waals surface area (Å²) in [5.41, 5.74) is 3.32. The van der Waals surface area contributed by atoms with E-state index in [4.69, 9.17) is 0 Å². The summed E-state index contributed by atoms with van der Waals surface area (Å²) < 4.78 is 27.7. The molecule has 10 heteroatoms. The third-order valence-electron chi connectivity index (χ3n) is 5.67. The zero-order chi connectivity index (χ0) is 23.4. The number of nitrogens with zero attached hydrogens (tertiary/aromatic N) is 3. The predicted molar refractivity (Wildman–Crippen MR) is 130 cm³/mol. The first kappa shape index (κ1) is 23.3. The van der Waals surface area contributed by atoms with E-state index in [1.165, 1.54) is 12.8 Å².